The second-order valence-corrected chi connectivity index (χ2v) is 9.77. The quantitative estimate of drug-likeness (QED) is 0.537. The first-order valence-corrected chi connectivity index (χ1v) is 12.3. The molecular weight excluding hydrogens is 456 g/mol. The Morgan fingerprint density at radius 2 is 1.85 bits per heavy atom. The van der Waals surface area contributed by atoms with Gasteiger partial charge in [0.05, 0.1) is 29.2 Å². The zero-order valence-electron chi connectivity index (χ0n) is 18.5. The fraction of sp³-hybridized carbons (Fsp3) is 0.208. The van der Waals surface area contributed by atoms with Crippen molar-refractivity contribution in [3.8, 4) is 5.75 Å². The van der Waals surface area contributed by atoms with E-state index < -0.39 is 22.0 Å². The first kappa shape index (κ1) is 23.2. The predicted octanol–water partition coefficient (Wildman–Crippen LogP) is 2.57. The molecule has 1 atom stereocenters. The van der Waals surface area contributed by atoms with E-state index in [1.54, 1.807) is 73.9 Å². The molecule has 1 aliphatic heterocycles. The molecule has 0 spiro atoms. The number of nitrogens with zero attached hydrogens (tertiary/aromatic N) is 2. The predicted molar refractivity (Wildman–Crippen MR) is 128 cm³/mol. The van der Waals surface area contributed by atoms with Crippen LogP contribution in [0, 0.1) is 0 Å². The number of pyridine rings is 1. The number of para-hydroxylation sites is 3. The Hall–Kier alpha value is -3.92. The van der Waals surface area contributed by atoms with Crippen molar-refractivity contribution in [1.29, 1.82) is 0 Å². The third-order valence-corrected chi connectivity index (χ3v) is 7.08. The number of benzene rings is 2. The van der Waals surface area contributed by atoms with E-state index in [4.69, 9.17) is 4.74 Å². The Bertz CT molecular complexity index is 1300. The van der Waals surface area contributed by atoms with Crippen LogP contribution in [-0.2, 0) is 21.4 Å². The summed E-state index contributed by atoms with van der Waals surface area (Å²) in [4.78, 5) is 29.9. The smallest absolute Gasteiger partial charge is 0.267 e. The van der Waals surface area contributed by atoms with E-state index in [1.165, 1.54) is 4.31 Å². The van der Waals surface area contributed by atoms with E-state index >= 15 is 0 Å². The number of ether oxygens (including phenoxy) is 1. The topological polar surface area (TPSA) is 118 Å². The van der Waals surface area contributed by atoms with Gasteiger partial charge < -0.3 is 15.4 Å². The molecule has 4 rings (SSSR count). The third kappa shape index (κ3) is 5.01. The number of carbonyl (C=O) groups is 2. The first-order valence-electron chi connectivity index (χ1n) is 10.7. The molecule has 3 aromatic rings. The minimum Gasteiger partial charge on any atom is -0.476 e. The van der Waals surface area contributed by atoms with E-state index in [-0.39, 0.29) is 30.3 Å². The van der Waals surface area contributed by atoms with Crippen LogP contribution < -0.4 is 19.7 Å². The van der Waals surface area contributed by atoms with Crippen molar-refractivity contribution in [3.63, 3.8) is 0 Å². The Morgan fingerprint density at radius 3 is 2.62 bits per heavy atom. The molecular formula is C24H24N4O5S. The van der Waals surface area contributed by atoms with Gasteiger partial charge in [-0.1, -0.05) is 30.3 Å². The van der Waals surface area contributed by atoms with Gasteiger partial charge in [-0.25, -0.2) is 8.42 Å². The SMILES string of the molecule is CCS(=O)(=O)N1C[C@@H](C(=O)Nc2ccccc2C(=O)NCc2cccnc2)Oc2ccccc21. The van der Waals surface area contributed by atoms with Crippen molar-refractivity contribution in [3.05, 3.63) is 84.2 Å². The number of hydrogen-bond donors (Lipinski definition) is 2. The average molecular weight is 481 g/mol. The van der Waals surface area contributed by atoms with Crippen molar-refractivity contribution >= 4 is 33.2 Å². The molecule has 0 saturated heterocycles. The lowest BCUT2D eigenvalue weighted by Crippen LogP contribution is -2.49. The van der Waals surface area contributed by atoms with E-state index in [9.17, 15) is 18.0 Å². The second-order valence-electron chi connectivity index (χ2n) is 7.58. The van der Waals surface area contributed by atoms with Crippen LogP contribution in [0.4, 0.5) is 11.4 Å². The van der Waals surface area contributed by atoms with Gasteiger partial charge in [-0.15, -0.1) is 0 Å². The van der Waals surface area contributed by atoms with Gasteiger partial charge in [0.25, 0.3) is 11.8 Å². The number of aromatic nitrogens is 1. The average Bonchev–Trinajstić information content (AvgIpc) is 2.87. The summed E-state index contributed by atoms with van der Waals surface area (Å²) in [7, 11) is -3.63. The summed E-state index contributed by atoms with van der Waals surface area (Å²) < 4.78 is 32.3. The van der Waals surface area contributed by atoms with Crippen molar-refractivity contribution in [2.24, 2.45) is 0 Å². The summed E-state index contributed by atoms with van der Waals surface area (Å²) in [5.41, 5.74) is 1.80. The lowest BCUT2D eigenvalue weighted by molar-refractivity contribution is -0.122. The number of hydrogen-bond acceptors (Lipinski definition) is 6. The Balaban J connectivity index is 1.51. The van der Waals surface area contributed by atoms with E-state index in [0.717, 1.165) is 5.56 Å². The molecule has 0 unspecified atom stereocenters. The van der Waals surface area contributed by atoms with Crippen LogP contribution in [-0.4, -0.2) is 43.6 Å². The number of carbonyl (C=O) groups excluding carboxylic acids is 2. The highest BCUT2D eigenvalue weighted by Gasteiger charge is 2.36. The molecule has 176 valence electrons. The summed E-state index contributed by atoms with van der Waals surface area (Å²) in [6.07, 6.45) is 2.21. The van der Waals surface area contributed by atoms with Gasteiger partial charge in [-0.05, 0) is 42.8 Å². The summed E-state index contributed by atoms with van der Waals surface area (Å²) in [6, 6.07) is 16.9. The highest BCUT2D eigenvalue weighted by atomic mass is 32.2. The molecule has 0 fully saturated rings. The standard InChI is InChI=1S/C24H24N4O5S/c1-2-34(31,32)28-16-22(33-21-12-6-5-11-20(21)28)24(30)27-19-10-4-3-9-18(19)23(29)26-15-17-8-7-13-25-14-17/h3-14,22H,2,15-16H2,1H3,(H,26,29)(H,27,30)/t22-/m0/s1. The Morgan fingerprint density at radius 1 is 1.09 bits per heavy atom. The monoisotopic (exact) mass is 480 g/mol. The van der Waals surface area contributed by atoms with E-state index in [1.807, 2.05) is 6.07 Å². The molecule has 0 aliphatic carbocycles. The summed E-state index contributed by atoms with van der Waals surface area (Å²) in [5, 5.41) is 5.53. The van der Waals surface area contributed by atoms with Gasteiger partial charge in [0.2, 0.25) is 10.0 Å². The van der Waals surface area contributed by atoms with E-state index in [2.05, 4.69) is 15.6 Å². The first-order chi connectivity index (χ1) is 16.4. The van der Waals surface area contributed by atoms with Crippen molar-refractivity contribution in [2.45, 2.75) is 19.6 Å². The molecule has 9 nitrogen and oxygen atoms in total. The Kier molecular flexibility index (Phi) is 6.78. The normalized spacial score (nSPS) is 15.1. The van der Waals surface area contributed by atoms with Crippen molar-refractivity contribution in [1.82, 2.24) is 10.3 Å². The fourth-order valence-corrected chi connectivity index (χ4v) is 4.67. The summed E-state index contributed by atoms with van der Waals surface area (Å²) >= 11 is 0. The van der Waals surface area contributed by atoms with Gasteiger partial charge in [-0.2, -0.15) is 0 Å². The largest absolute Gasteiger partial charge is 0.476 e. The van der Waals surface area contributed by atoms with Crippen LogP contribution in [0.3, 0.4) is 0 Å². The van der Waals surface area contributed by atoms with Gasteiger partial charge in [-0.3, -0.25) is 18.9 Å². The van der Waals surface area contributed by atoms with Crippen LogP contribution in [0.15, 0.2) is 73.1 Å². The minimum atomic E-state index is -3.63. The highest BCUT2D eigenvalue weighted by molar-refractivity contribution is 7.92. The molecule has 2 heterocycles. The molecule has 2 aromatic carbocycles. The maximum absolute atomic E-state index is 13.1. The summed E-state index contributed by atoms with van der Waals surface area (Å²) in [5.74, 6) is -0.744. The number of amides is 2. The molecule has 0 saturated carbocycles. The molecule has 10 heteroatoms. The van der Waals surface area contributed by atoms with Crippen LogP contribution in [0.25, 0.3) is 0 Å². The maximum Gasteiger partial charge on any atom is 0.267 e. The number of nitrogens with one attached hydrogen (secondary N) is 2. The lowest BCUT2D eigenvalue weighted by Gasteiger charge is -2.34. The third-order valence-electron chi connectivity index (χ3n) is 5.33. The van der Waals surface area contributed by atoms with Crippen LogP contribution in [0.1, 0.15) is 22.8 Å². The lowest BCUT2D eigenvalue weighted by atomic mass is 10.1. The van der Waals surface area contributed by atoms with Gasteiger partial charge in [0.15, 0.2) is 6.10 Å². The molecule has 2 N–H and O–H groups in total. The number of rotatable bonds is 7. The second kappa shape index (κ2) is 9.92. The molecule has 0 radical (unpaired) electrons. The Labute approximate surface area is 197 Å². The molecule has 34 heavy (non-hydrogen) atoms. The zero-order chi connectivity index (χ0) is 24.1. The maximum atomic E-state index is 13.1. The van der Waals surface area contributed by atoms with Gasteiger partial charge in [0, 0.05) is 18.9 Å². The number of fused-ring (bicyclic) bond motifs is 1. The van der Waals surface area contributed by atoms with Crippen LogP contribution in [0.5, 0.6) is 5.75 Å². The van der Waals surface area contributed by atoms with Crippen molar-refractivity contribution in [2.75, 3.05) is 21.9 Å². The minimum absolute atomic E-state index is 0.115. The van der Waals surface area contributed by atoms with E-state index in [0.29, 0.717) is 17.1 Å². The van der Waals surface area contributed by atoms with Gasteiger partial charge >= 0.3 is 0 Å². The summed E-state index contributed by atoms with van der Waals surface area (Å²) in [6.45, 7) is 1.65. The molecule has 1 aliphatic rings. The molecule has 1 aromatic heterocycles. The zero-order valence-corrected chi connectivity index (χ0v) is 19.3. The van der Waals surface area contributed by atoms with Crippen LogP contribution in [0.2, 0.25) is 0 Å². The number of sulfonamides is 1. The highest BCUT2D eigenvalue weighted by Crippen LogP contribution is 2.35. The fourth-order valence-electron chi connectivity index (χ4n) is 3.54. The molecule has 0 bridgehead atoms. The van der Waals surface area contributed by atoms with Crippen molar-refractivity contribution < 1.29 is 22.7 Å². The van der Waals surface area contributed by atoms with Crippen LogP contribution >= 0.6 is 0 Å². The van der Waals surface area contributed by atoms with Gasteiger partial charge in [0.1, 0.15) is 5.75 Å². The number of anilines is 2. The molecule has 2 amide bonds.